The van der Waals surface area contributed by atoms with Crippen molar-refractivity contribution in [2.24, 2.45) is 0 Å². The fourth-order valence-electron chi connectivity index (χ4n) is 0.255. The molecule has 1 heterocycles. The zero-order chi connectivity index (χ0) is 3.54. The van der Waals surface area contributed by atoms with E-state index >= 15 is 0 Å². The standard InChI is InChI=1S/C3H5NS/c1-2-5-3-4-1/h4H,2-3H2. The van der Waals surface area contributed by atoms with Gasteiger partial charge in [-0.2, -0.15) is 0 Å². The second kappa shape index (κ2) is 1.67. The molecule has 2 heteroatoms. The van der Waals surface area contributed by atoms with E-state index < -0.39 is 0 Å². The zero-order valence-corrected chi connectivity index (χ0v) is 3.64. The van der Waals surface area contributed by atoms with Crippen LogP contribution in [0.5, 0.6) is 0 Å². The van der Waals surface area contributed by atoms with Crippen LogP contribution in [0.15, 0.2) is 0 Å². The summed E-state index contributed by atoms with van der Waals surface area (Å²) in [7, 11) is 0. The van der Waals surface area contributed by atoms with Gasteiger partial charge in [-0.25, -0.2) is 0 Å². The highest BCUT2D eigenvalue weighted by Gasteiger charge is 1.95. The van der Waals surface area contributed by atoms with Crippen LogP contribution in [-0.2, 0) is 0 Å². The molecule has 0 bridgehead atoms. The van der Waals surface area contributed by atoms with Gasteiger partial charge < -0.3 is 0 Å². The van der Waals surface area contributed by atoms with Crippen molar-refractivity contribution in [3.8, 4) is 0 Å². The van der Waals surface area contributed by atoms with Gasteiger partial charge in [0.05, 0.1) is 6.54 Å². The minimum absolute atomic E-state index is 1.06. The third-order valence-corrected chi connectivity index (χ3v) is 1.17. The van der Waals surface area contributed by atoms with E-state index in [1.807, 2.05) is 11.8 Å². The van der Waals surface area contributed by atoms with Gasteiger partial charge in [-0.15, -0.1) is 11.8 Å². The normalized spacial score (nSPS) is 24.0. The molecule has 0 aliphatic carbocycles. The van der Waals surface area contributed by atoms with E-state index in [0.717, 1.165) is 11.6 Å². The van der Waals surface area contributed by atoms with E-state index in [1.54, 1.807) is 0 Å². The Morgan fingerprint density at radius 2 is 2.80 bits per heavy atom. The summed E-state index contributed by atoms with van der Waals surface area (Å²) in [5.74, 6) is 2.11. The summed E-state index contributed by atoms with van der Waals surface area (Å²) in [6.45, 7) is 2.94. The SMILES string of the molecule is [C]1CSCN1. The van der Waals surface area contributed by atoms with Crippen LogP contribution < -0.4 is 5.32 Å². The molecule has 0 atom stereocenters. The van der Waals surface area contributed by atoms with E-state index in [-0.39, 0.29) is 0 Å². The highest BCUT2D eigenvalue weighted by atomic mass is 32.2. The fraction of sp³-hybridized carbons (Fsp3) is 0.667. The van der Waals surface area contributed by atoms with Crippen molar-refractivity contribution in [3.05, 3.63) is 6.54 Å². The topological polar surface area (TPSA) is 12.0 Å². The summed E-state index contributed by atoms with van der Waals surface area (Å²) in [6, 6.07) is 0. The predicted octanol–water partition coefficient (Wildman–Crippen LogP) is 0.319. The highest BCUT2D eigenvalue weighted by molar-refractivity contribution is 7.99. The molecule has 1 aliphatic rings. The summed E-state index contributed by atoms with van der Waals surface area (Å²) in [5.41, 5.74) is 0. The van der Waals surface area contributed by atoms with Gasteiger partial charge in [0.2, 0.25) is 0 Å². The average molecular weight is 87.1 g/mol. The molecular weight excluding hydrogens is 82.1 g/mol. The van der Waals surface area contributed by atoms with Gasteiger partial charge in [-0.3, -0.25) is 5.32 Å². The van der Waals surface area contributed by atoms with Gasteiger partial charge >= 0.3 is 0 Å². The Morgan fingerprint density at radius 3 is 3.00 bits per heavy atom. The molecule has 2 radical (unpaired) electrons. The molecule has 1 aliphatic heterocycles. The molecule has 0 aromatic heterocycles. The number of nitrogens with one attached hydrogen (secondary N) is 1. The first-order chi connectivity index (χ1) is 2.50. The lowest BCUT2D eigenvalue weighted by Gasteiger charge is -1.73. The molecule has 0 amide bonds. The van der Waals surface area contributed by atoms with Gasteiger partial charge in [0.25, 0.3) is 0 Å². The van der Waals surface area contributed by atoms with Crippen molar-refractivity contribution in [1.82, 2.24) is 5.32 Å². The molecule has 1 rings (SSSR count). The van der Waals surface area contributed by atoms with E-state index in [1.165, 1.54) is 0 Å². The maximum absolute atomic E-state index is 2.94. The molecule has 0 aromatic carbocycles. The smallest absolute Gasteiger partial charge is 0.0702 e. The Hall–Kier alpha value is 0.310. The maximum atomic E-state index is 2.94. The van der Waals surface area contributed by atoms with E-state index in [2.05, 4.69) is 11.9 Å². The Bertz CT molecular complexity index is 18.5. The molecule has 28 valence electrons. The summed E-state index contributed by atoms with van der Waals surface area (Å²) < 4.78 is 0. The third-order valence-electron chi connectivity index (χ3n) is 0.473. The molecule has 1 N–H and O–H groups in total. The van der Waals surface area contributed by atoms with Gasteiger partial charge in [0.15, 0.2) is 0 Å². The quantitative estimate of drug-likeness (QED) is 0.456. The van der Waals surface area contributed by atoms with Crippen LogP contribution in [-0.4, -0.2) is 11.6 Å². The summed E-state index contributed by atoms with van der Waals surface area (Å²) in [4.78, 5) is 0. The molecule has 5 heavy (non-hydrogen) atoms. The van der Waals surface area contributed by atoms with Crippen LogP contribution in [0.2, 0.25) is 0 Å². The van der Waals surface area contributed by atoms with Crippen LogP contribution in [0.25, 0.3) is 0 Å². The lowest BCUT2D eigenvalue weighted by Crippen LogP contribution is -1.97. The van der Waals surface area contributed by atoms with E-state index in [9.17, 15) is 0 Å². The van der Waals surface area contributed by atoms with Crippen LogP contribution in [0.1, 0.15) is 0 Å². The van der Waals surface area contributed by atoms with Gasteiger partial charge in [-0.05, 0) is 0 Å². The molecule has 1 nitrogen and oxygen atoms in total. The van der Waals surface area contributed by atoms with Crippen molar-refractivity contribution >= 4 is 11.8 Å². The molecule has 0 saturated carbocycles. The fourth-order valence-corrected chi connectivity index (χ4v) is 0.765. The Kier molecular flexibility index (Phi) is 1.17. The molecule has 0 aromatic rings. The summed E-state index contributed by atoms with van der Waals surface area (Å²) in [6.07, 6.45) is 0. The minimum atomic E-state index is 1.06. The predicted molar refractivity (Wildman–Crippen MR) is 23.7 cm³/mol. The first kappa shape index (κ1) is 3.50. The third kappa shape index (κ3) is 0.816. The van der Waals surface area contributed by atoms with E-state index in [4.69, 9.17) is 0 Å². The first-order valence-corrected chi connectivity index (χ1v) is 2.69. The Morgan fingerprint density at radius 1 is 1.80 bits per heavy atom. The van der Waals surface area contributed by atoms with Gasteiger partial charge in [0, 0.05) is 11.6 Å². The molecule has 0 spiro atoms. The summed E-state index contributed by atoms with van der Waals surface area (Å²) >= 11 is 1.85. The first-order valence-electron chi connectivity index (χ1n) is 1.53. The number of thioether (sulfide) groups is 1. The molecular formula is C3H5NS. The van der Waals surface area contributed by atoms with Crippen molar-refractivity contribution in [1.29, 1.82) is 0 Å². The zero-order valence-electron chi connectivity index (χ0n) is 2.82. The Labute approximate surface area is 36.1 Å². The largest absolute Gasteiger partial charge is 0.298 e. The number of hydrogen-bond acceptors (Lipinski definition) is 2. The molecule has 0 unspecified atom stereocenters. The second-order valence-corrected chi connectivity index (χ2v) is 1.83. The Balaban J connectivity index is 2.08. The minimum Gasteiger partial charge on any atom is -0.298 e. The highest BCUT2D eigenvalue weighted by Crippen LogP contribution is 2.03. The molecule has 1 fully saturated rings. The van der Waals surface area contributed by atoms with Crippen LogP contribution in [0.4, 0.5) is 0 Å². The van der Waals surface area contributed by atoms with Crippen LogP contribution in [0.3, 0.4) is 0 Å². The monoisotopic (exact) mass is 87.0 g/mol. The average Bonchev–Trinajstić information content (AvgIpc) is 1.76. The number of hydrogen-bond donors (Lipinski definition) is 1. The van der Waals surface area contributed by atoms with Crippen molar-refractivity contribution in [3.63, 3.8) is 0 Å². The van der Waals surface area contributed by atoms with E-state index in [0.29, 0.717) is 0 Å². The van der Waals surface area contributed by atoms with Gasteiger partial charge in [-0.1, -0.05) is 0 Å². The van der Waals surface area contributed by atoms with Crippen LogP contribution in [0, 0.1) is 6.54 Å². The van der Waals surface area contributed by atoms with Crippen molar-refractivity contribution < 1.29 is 0 Å². The second-order valence-electron chi connectivity index (χ2n) is 0.846. The van der Waals surface area contributed by atoms with Crippen molar-refractivity contribution in [2.75, 3.05) is 11.6 Å². The van der Waals surface area contributed by atoms with Crippen molar-refractivity contribution in [2.45, 2.75) is 0 Å². The maximum Gasteiger partial charge on any atom is 0.0702 e. The lowest BCUT2D eigenvalue weighted by atomic mass is 10.8. The lowest BCUT2D eigenvalue weighted by molar-refractivity contribution is 0.998. The molecule has 1 saturated heterocycles. The van der Waals surface area contributed by atoms with Gasteiger partial charge in [0.1, 0.15) is 0 Å². The summed E-state index contributed by atoms with van der Waals surface area (Å²) in [5, 5.41) is 2.94. The number of rotatable bonds is 0. The van der Waals surface area contributed by atoms with Crippen LogP contribution >= 0.6 is 11.8 Å².